The molecule has 2 aromatic carbocycles. The lowest BCUT2D eigenvalue weighted by Gasteiger charge is -2.26. The number of nitrogens with zero attached hydrogens (tertiary/aromatic N) is 2. The topological polar surface area (TPSA) is 54.5 Å². The molecule has 0 aliphatic carbocycles. The molecule has 0 radical (unpaired) electrons. The summed E-state index contributed by atoms with van der Waals surface area (Å²) in [5.41, 5.74) is 4.48. The number of halogens is 1. The van der Waals surface area contributed by atoms with Crippen molar-refractivity contribution in [2.75, 3.05) is 38.6 Å². The van der Waals surface area contributed by atoms with Gasteiger partial charge < -0.3 is 10.1 Å². The van der Waals surface area contributed by atoms with E-state index in [9.17, 15) is 9.18 Å². The van der Waals surface area contributed by atoms with Gasteiger partial charge in [-0.3, -0.25) is 9.69 Å². The fourth-order valence-electron chi connectivity index (χ4n) is 3.74. The molecule has 1 aliphatic rings. The third kappa shape index (κ3) is 7.37. The minimum atomic E-state index is -0.244. The predicted molar refractivity (Wildman–Crippen MR) is 138 cm³/mol. The van der Waals surface area contributed by atoms with Crippen molar-refractivity contribution >= 4 is 29.0 Å². The molecule has 2 heterocycles. The number of rotatable bonds is 10. The van der Waals surface area contributed by atoms with Gasteiger partial charge in [0.2, 0.25) is 5.91 Å². The minimum absolute atomic E-state index is 0.0189. The van der Waals surface area contributed by atoms with Gasteiger partial charge in [0.25, 0.3) is 0 Å². The van der Waals surface area contributed by atoms with Gasteiger partial charge in [-0.2, -0.15) is 0 Å². The van der Waals surface area contributed by atoms with Crippen molar-refractivity contribution in [3.05, 3.63) is 76.0 Å². The van der Waals surface area contributed by atoms with Crippen molar-refractivity contribution in [3.8, 4) is 10.6 Å². The molecule has 1 fully saturated rings. The number of carbonyl (C=O) groups is 1. The molecule has 5 nitrogen and oxygen atoms in total. The number of amides is 1. The van der Waals surface area contributed by atoms with Crippen molar-refractivity contribution in [2.45, 2.75) is 25.6 Å². The molecule has 3 aromatic rings. The van der Waals surface area contributed by atoms with Gasteiger partial charge in [-0.15, -0.1) is 23.1 Å². The summed E-state index contributed by atoms with van der Waals surface area (Å²) in [4.78, 5) is 20.5. The Kier molecular flexibility index (Phi) is 9.10. The normalized spacial score (nSPS) is 14.3. The Labute approximate surface area is 208 Å². The molecule has 1 aromatic heterocycles. The van der Waals surface area contributed by atoms with Crippen LogP contribution in [-0.4, -0.2) is 54.4 Å². The zero-order chi connectivity index (χ0) is 23.8. The van der Waals surface area contributed by atoms with Crippen LogP contribution in [-0.2, 0) is 28.2 Å². The van der Waals surface area contributed by atoms with Crippen LogP contribution in [0.15, 0.2) is 48.5 Å². The van der Waals surface area contributed by atoms with Crippen molar-refractivity contribution in [2.24, 2.45) is 0 Å². The quantitative estimate of drug-likeness (QED) is 0.439. The summed E-state index contributed by atoms with van der Waals surface area (Å²) in [5.74, 6) is 0.952. The molecular weight excluding hydrogens is 469 g/mol. The number of thioether (sulfide) groups is 1. The van der Waals surface area contributed by atoms with Crippen LogP contribution < -0.4 is 5.32 Å². The molecule has 1 amide bonds. The van der Waals surface area contributed by atoms with Crippen LogP contribution >= 0.6 is 23.1 Å². The number of hydrogen-bond donors (Lipinski definition) is 1. The molecule has 180 valence electrons. The van der Waals surface area contributed by atoms with Gasteiger partial charge in [0.15, 0.2) is 0 Å². The lowest BCUT2D eigenvalue weighted by atomic mass is 10.1. The van der Waals surface area contributed by atoms with Crippen LogP contribution in [0.1, 0.15) is 21.7 Å². The number of aryl methyl sites for hydroxylation is 1. The van der Waals surface area contributed by atoms with E-state index in [0.717, 1.165) is 60.4 Å². The number of hydrogen-bond acceptors (Lipinski definition) is 6. The van der Waals surface area contributed by atoms with Crippen molar-refractivity contribution in [1.82, 2.24) is 15.2 Å². The number of nitrogens with one attached hydrogen (secondary N) is 1. The maximum Gasteiger partial charge on any atom is 0.230 e. The maximum atomic E-state index is 13.0. The van der Waals surface area contributed by atoms with E-state index >= 15 is 0 Å². The molecule has 8 heteroatoms. The van der Waals surface area contributed by atoms with E-state index in [4.69, 9.17) is 9.72 Å². The van der Waals surface area contributed by atoms with E-state index in [1.54, 1.807) is 35.2 Å². The van der Waals surface area contributed by atoms with E-state index in [0.29, 0.717) is 18.7 Å². The fourth-order valence-corrected chi connectivity index (χ4v) is 5.87. The summed E-state index contributed by atoms with van der Waals surface area (Å²) in [7, 11) is 0. The van der Waals surface area contributed by atoms with Gasteiger partial charge in [-0.1, -0.05) is 36.4 Å². The molecule has 34 heavy (non-hydrogen) atoms. The molecular formula is C26H30FN3O2S2. The van der Waals surface area contributed by atoms with Crippen molar-refractivity contribution < 1.29 is 13.9 Å². The number of ether oxygens (including phenoxy) is 1. The van der Waals surface area contributed by atoms with Crippen molar-refractivity contribution in [1.29, 1.82) is 0 Å². The zero-order valence-electron chi connectivity index (χ0n) is 19.4. The Bertz CT molecular complexity index is 1060. The largest absolute Gasteiger partial charge is 0.379 e. The Morgan fingerprint density at radius 2 is 1.82 bits per heavy atom. The third-order valence-corrected chi connectivity index (χ3v) is 8.07. The van der Waals surface area contributed by atoms with Gasteiger partial charge in [0, 0.05) is 42.4 Å². The summed E-state index contributed by atoms with van der Waals surface area (Å²) >= 11 is 3.30. The second kappa shape index (κ2) is 12.4. The Morgan fingerprint density at radius 3 is 2.56 bits per heavy atom. The van der Waals surface area contributed by atoms with E-state index in [-0.39, 0.29) is 11.7 Å². The number of carbonyl (C=O) groups excluding carboxylic acids is 1. The molecule has 0 bridgehead atoms. The van der Waals surface area contributed by atoms with Gasteiger partial charge in [-0.25, -0.2) is 9.37 Å². The van der Waals surface area contributed by atoms with Crippen LogP contribution in [0, 0.1) is 12.7 Å². The molecule has 0 spiro atoms. The summed E-state index contributed by atoms with van der Waals surface area (Å²) in [6.07, 6.45) is 0.694. The van der Waals surface area contributed by atoms with E-state index in [1.165, 1.54) is 22.6 Å². The standard InChI is InChI=1S/C26H30FN3O2S2/c1-19-24(17-33-18-25(31)28-11-10-20-4-8-23(27)9-5-20)34-26(29-19)22-6-2-21(3-7-22)16-30-12-14-32-15-13-30/h2-9H,10-18H2,1H3,(H,28,31). The molecule has 1 aliphatic heterocycles. The van der Waals surface area contributed by atoms with Gasteiger partial charge in [0.1, 0.15) is 10.8 Å². The Balaban J connectivity index is 1.21. The van der Waals surface area contributed by atoms with Crippen LogP contribution in [0.2, 0.25) is 0 Å². The lowest BCUT2D eigenvalue weighted by Crippen LogP contribution is -2.35. The van der Waals surface area contributed by atoms with E-state index in [1.807, 2.05) is 6.92 Å². The fraction of sp³-hybridized carbons (Fsp3) is 0.385. The monoisotopic (exact) mass is 499 g/mol. The third-order valence-electron chi connectivity index (χ3n) is 5.72. The number of aromatic nitrogens is 1. The predicted octanol–water partition coefficient (Wildman–Crippen LogP) is 4.68. The summed E-state index contributed by atoms with van der Waals surface area (Å²) < 4.78 is 18.4. The Morgan fingerprint density at radius 1 is 1.12 bits per heavy atom. The average Bonchev–Trinajstić information content (AvgIpc) is 3.22. The van der Waals surface area contributed by atoms with E-state index in [2.05, 4.69) is 34.5 Å². The highest BCUT2D eigenvalue weighted by atomic mass is 32.2. The Hall–Kier alpha value is -2.26. The van der Waals surface area contributed by atoms with Crippen LogP contribution in [0.25, 0.3) is 10.6 Å². The first kappa shape index (κ1) is 24.9. The van der Waals surface area contributed by atoms with Crippen LogP contribution in [0.3, 0.4) is 0 Å². The number of benzene rings is 2. The highest BCUT2D eigenvalue weighted by molar-refractivity contribution is 7.99. The first-order valence-electron chi connectivity index (χ1n) is 11.5. The minimum Gasteiger partial charge on any atom is -0.379 e. The van der Waals surface area contributed by atoms with E-state index < -0.39 is 0 Å². The van der Waals surface area contributed by atoms with Gasteiger partial charge >= 0.3 is 0 Å². The van der Waals surface area contributed by atoms with Gasteiger partial charge in [0.05, 0.1) is 24.7 Å². The molecule has 4 rings (SSSR count). The van der Waals surface area contributed by atoms with Gasteiger partial charge in [-0.05, 0) is 36.6 Å². The summed E-state index contributed by atoms with van der Waals surface area (Å²) in [6, 6.07) is 15.1. The molecule has 0 atom stereocenters. The summed E-state index contributed by atoms with van der Waals surface area (Å²) in [6.45, 7) is 7.14. The lowest BCUT2D eigenvalue weighted by molar-refractivity contribution is -0.118. The second-order valence-corrected chi connectivity index (χ2v) is 10.4. The number of thiazole rings is 1. The zero-order valence-corrected chi connectivity index (χ0v) is 21.0. The average molecular weight is 500 g/mol. The molecule has 1 N–H and O–H groups in total. The van der Waals surface area contributed by atoms with Crippen LogP contribution in [0.5, 0.6) is 0 Å². The first-order chi connectivity index (χ1) is 16.6. The van der Waals surface area contributed by atoms with Crippen LogP contribution in [0.4, 0.5) is 4.39 Å². The van der Waals surface area contributed by atoms with Crippen molar-refractivity contribution in [3.63, 3.8) is 0 Å². The number of morpholine rings is 1. The maximum absolute atomic E-state index is 13.0. The molecule has 0 unspecified atom stereocenters. The SMILES string of the molecule is Cc1nc(-c2ccc(CN3CCOCC3)cc2)sc1CSCC(=O)NCCc1ccc(F)cc1. The first-order valence-corrected chi connectivity index (χ1v) is 13.5. The second-order valence-electron chi connectivity index (χ2n) is 8.33. The highest BCUT2D eigenvalue weighted by Gasteiger charge is 2.13. The summed E-state index contributed by atoms with van der Waals surface area (Å²) in [5, 5.41) is 3.96. The molecule has 0 saturated carbocycles. The highest BCUT2D eigenvalue weighted by Crippen LogP contribution is 2.30. The molecule has 1 saturated heterocycles. The smallest absolute Gasteiger partial charge is 0.230 e.